The second-order valence-electron chi connectivity index (χ2n) is 8.49. The highest BCUT2D eigenvalue weighted by Gasteiger charge is 2.26. The fraction of sp³-hybridized carbons (Fsp3) is 0.194. The molecule has 0 fully saturated rings. The van der Waals surface area contributed by atoms with Crippen LogP contribution in [0.25, 0.3) is 6.08 Å². The van der Waals surface area contributed by atoms with Gasteiger partial charge in [0.15, 0.2) is 5.78 Å². The second kappa shape index (κ2) is 13.2. The molecule has 0 heterocycles. The van der Waals surface area contributed by atoms with Crippen molar-refractivity contribution in [3.05, 3.63) is 123 Å². The van der Waals surface area contributed by atoms with Crippen LogP contribution in [-0.2, 0) is 4.79 Å². The van der Waals surface area contributed by atoms with Crippen molar-refractivity contribution in [3.63, 3.8) is 0 Å². The van der Waals surface area contributed by atoms with Crippen LogP contribution in [0.1, 0.15) is 47.9 Å². The van der Waals surface area contributed by atoms with Crippen molar-refractivity contribution in [3.8, 4) is 0 Å². The molecule has 0 spiro atoms. The number of benzene rings is 2. The molecule has 0 N–H and O–H groups in total. The first-order chi connectivity index (χ1) is 17.9. The second-order valence-corrected chi connectivity index (χ2v) is 9.31. The van der Waals surface area contributed by atoms with Crippen molar-refractivity contribution in [2.75, 3.05) is 14.1 Å². The molecule has 0 saturated heterocycles. The fourth-order valence-corrected chi connectivity index (χ4v) is 4.83. The van der Waals surface area contributed by atoms with Gasteiger partial charge in [-0.25, -0.2) is 0 Å². The Labute approximate surface area is 229 Å². The number of carbonyl (C=O) groups excluding carboxylic acids is 1. The van der Waals surface area contributed by atoms with E-state index in [2.05, 4.69) is 23.3 Å². The molecule has 0 aromatic heterocycles. The molecule has 4 nitrogen and oxygen atoms in total. The van der Waals surface area contributed by atoms with Crippen LogP contribution in [0, 0.1) is 0 Å². The zero-order valence-corrected chi connectivity index (χ0v) is 22.9. The van der Waals surface area contributed by atoms with Gasteiger partial charge in [0, 0.05) is 59.8 Å². The lowest BCUT2D eigenvalue weighted by Gasteiger charge is -2.19. The summed E-state index contributed by atoms with van der Waals surface area (Å²) >= 11 is 13.3. The number of allylic oxidation sites excluding steroid dienone is 5. The highest BCUT2D eigenvalue weighted by molar-refractivity contribution is 6.36. The van der Waals surface area contributed by atoms with Crippen LogP contribution in [-0.4, -0.2) is 37.2 Å². The number of ketones is 1. The number of aliphatic imine (C=N–C) groups is 2. The molecule has 1 unspecified atom stereocenters. The maximum atomic E-state index is 13.8. The quantitative estimate of drug-likeness (QED) is 0.292. The molecule has 0 bridgehead atoms. The molecular weight excluding hydrogens is 501 g/mol. The molecule has 3 rings (SSSR count). The lowest BCUT2D eigenvalue weighted by atomic mass is 9.86. The molecule has 1 aliphatic carbocycles. The van der Waals surface area contributed by atoms with Gasteiger partial charge in [0.2, 0.25) is 0 Å². The first-order valence-electron chi connectivity index (χ1n) is 12.0. The van der Waals surface area contributed by atoms with Gasteiger partial charge in [-0.3, -0.25) is 14.8 Å². The lowest BCUT2D eigenvalue weighted by Crippen LogP contribution is -2.16. The standard InChI is InChI=1S/C31H31Cl2N3O/c1-6-21-11-8-9-13-25(21)30(35-4)27-19-22(15-16-28(27)32)24(7-2)31(37)26-14-10-12-23(20-29(26)33)36(5)18-17-34-3/h6,8-9,11-20,24H,1,3,7,10H2,2,4-5H3. The van der Waals surface area contributed by atoms with Crippen molar-refractivity contribution >= 4 is 47.5 Å². The van der Waals surface area contributed by atoms with Crippen molar-refractivity contribution in [2.45, 2.75) is 25.7 Å². The van der Waals surface area contributed by atoms with E-state index in [1.807, 2.05) is 73.5 Å². The first-order valence-corrected chi connectivity index (χ1v) is 12.8. The summed E-state index contributed by atoms with van der Waals surface area (Å²) in [6.45, 7) is 9.39. The van der Waals surface area contributed by atoms with E-state index in [9.17, 15) is 4.79 Å². The Morgan fingerprint density at radius 1 is 1.16 bits per heavy atom. The highest BCUT2D eigenvalue weighted by atomic mass is 35.5. The van der Waals surface area contributed by atoms with Gasteiger partial charge in [0.25, 0.3) is 0 Å². The zero-order chi connectivity index (χ0) is 26.9. The van der Waals surface area contributed by atoms with Gasteiger partial charge in [0.1, 0.15) is 0 Å². The third-order valence-corrected chi connectivity index (χ3v) is 6.92. The van der Waals surface area contributed by atoms with Gasteiger partial charge in [-0.15, -0.1) is 0 Å². The van der Waals surface area contributed by atoms with E-state index >= 15 is 0 Å². The monoisotopic (exact) mass is 531 g/mol. The number of likely N-dealkylation sites (N-methyl/N-ethyl adjacent to an activating group) is 1. The van der Waals surface area contributed by atoms with Crippen LogP contribution in [0.3, 0.4) is 0 Å². The molecule has 6 heteroatoms. The van der Waals surface area contributed by atoms with Crippen LogP contribution in [0.5, 0.6) is 0 Å². The molecule has 190 valence electrons. The highest BCUT2D eigenvalue weighted by Crippen LogP contribution is 2.33. The Bertz CT molecular complexity index is 1350. The number of halogens is 2. The van der Waals surface area contributed by atoms with E-state index in [4.69, 9.17) is 23.2 Å². The van der Waals surface area contributed by atoms with Crippen molar-refractivity contribution in [1.29, 1.82) is 0 Å². The summed E-state index contributed by atoms with van der Waals surface area (Å²) < 4.78 is 0. The average Bonchev–Trinajstić information content (AvgIpc) is 3.11. The minimum absolute atomic E-state index is 0.0286. The van der Waals surface area contributed by atoms with Crippen LogP contribution in [0.2, 0.25) is 5.02 Å². The third-order valence-electron chi connectivity index (χ3n) is 6.28. The zero-order valence-electron chi connectivity index (χ0n) is 21.4. The Kier molecular flexibility index (Phi) is 10.0. The summed E-state index contributed by atoms with van der Waals surface area (Å²) in [5, 5.41) is 0.972. The van der Waals surface area contributed by atoms with Crippen LogP contribution >= 0.6 is 23.2 Å². The van der Waals surface area contributed by atoms with Crippen LogP contribution in [0.15, 0.2) is 106 Å². The van der Waals surface area contributed by atoms with Crippen molar-refractivity contribution < 1.29 is 4.79 Å². The molecule has 0 aliphatic heterocycles. The number of rotatable bonds is 10. The fourth-order valence-electron chi connectivity index (χ4n) is 4.34. The predicted molar refractivity (Wildman–Crippen MR) is 159 cm³/mol. The third kappa shape index (κ3) is 6.46. The molecule has 2 aromatic carbocycles. The molecule has 0 radical (unpaired) electrons. The Balaban J connectivity index is 1.98. The maximum absolute atomic E-state index is 13.8. The van der Waals surface area contributed by atoms with Crippen LogP contribution < -0.4 is 0 Å². The summed E-state index contributed by atoms with van der Waals surface area (Å²) in [4.78, 5) is 24.0. The van der Waals surface area contributed by atoms with E-state index < -0.39 is 0 Å². The molecule has 2 aromatic rings. The Morgan fingerprint density at radius 3 is 2.59 bits per heavy atom. The van der Waals surface area contributed by atoms with Gasteiger partial charge in [-0.2, -0.15) is 0 Å². The summed E-state index contributed by atoms with van der Waals surface area (Å²) in [7, 11) is 3.63. The van der Waals surface area contributed by atoms with Gasteiger partial charge >= 0.3 is 0 Å². The minimum atomic E-state index is -0.388. The number of Topliss-reactive ketones (excluding diaryl/α,β-unsaturated/α-hetero) is 1. The topological polar surface area (TPSA) is 45.0 Å². The molecule has 1 atom stereocenters. The summed E-state index contributed by atoms with van der Waals surface area (Å²) in [5.74, 6) is -0.416. The molecule has 37 heavy (non-hydrogen) atoms. The molecule has 0 amide bonds. The minimum Gasteiger partial charge on any atom is -0.350 e. The summed E-state index contributed by atoms with van der Waals surface area (Å²) in [6, 6.07) is 13.6. The summed E-state index contributed by atoms with van der Waals surface area (Å²) in [5.41, 5.74) is 5.65. The van der Waals surface area contributed by atoms with Crippen molar-refractivity contribution in [1.82, 2.24) is 4.90 Å². The van der Waals surface area contributed by atoms with E-state index in [1.165, 1.54) is 0 Å². The normalized spacial score (nSPS) is 14.8. The number of hydrogen-bond acceptors (Lipinski definition) is 4. The summed E-state index contributed by atoms with van der Waals surface area (Å²) in [6.07, 6.45) is 12.1. The van der Waals surface area contributed by atoms with Gasteiger partial charge < -0.3 is 4.90 Å². The first kappa shape index (κ1) is 28.1. The largest absolute Gasteiger partial charge is 0.350 e. The number of hydrogen-bond donors (Lipinski definition) is 0. The van der Waals surface area contributed by atoms with E-state index in [0.717, 1.165) is 33.7 Å². The predicted octanol–water partition coefficient (Wildman–Crippen LogP) is 7.95. The molecular formula is C31H31Cl2N3O. The van der Waals surface area contributed by atoms with E-state index in [0.29, 0.717) is 28.5 Å². The van der Waals surface area contributed by atoms with Crippen LogP contribution in [0.4, 0.5) is 0 Å². The van der Waals surface area contributed by atoms with Gasteiger partial charge in [0.05, 0.1) is 10.7 Å². The van der Waals surface area contributed by atoms with Gasteiger partial charge in [-0.05, 0) is 48.9 Å². The number of carbonyl (C=O) groups is 1. The maximum Gasteiger partial charge on any atom is 0.171 e. The van der Waals surface area contributed by atoms with Gasteiger partial charge in [-0.1, -0.05) is 85.3 Å². The lowest BCUT2D eigenvalue weighted by molar-refractivity contribution is -0.116. The Hall–Kier alpha value is -3.47. The smallest absolute Gasteiger partial charge is 0.171 e. The average molecular weight is 533 g/mol. The molecule has 0 saturated carbocycles. The van der Waals surface area contributed by atoms with Crippen molar-refractivity contribution in [2.24, 2.45) is 9.98 Å². The van der Waals surface area contributed by atoms with E-state index in [1.54, 1.807) is 31.6 Å². The van der Waals surface area contributed by atoms with E-state index in [-0.39, 0.29) is 11.7 Å². The Morgan fingerprint density at radius 2 is 1.92 bits per heavy atom. The molecule has 1 aliphatic rings. The number of nitrogens with zero attached hydrogens (tertiary/aromatic N) is 3. The SMILES string of the molecule is C=Cc1ccccc1C(=NC)c1cc(C(CC)C(=O)C2=CCC=C(N(C)C=CN=C)C=C2Cl)ccc1Cl.